The predicted molar refractivity (Wildman–Crippen MR) is 61.5 cm³/mol. The number of esters is 1. The molecule has 16 heavy (non-hydrogen) atoms. The molecule has 1 rings (SSSR count). The third-order valence-corrected chi connectivity index (χ3v) is 2.52. The van der Waals surface area contributed by atoms with E-state index in [9.17, 15) is 4.79 Å². The van der Waals surface area contributed by atoms with Crippen molar-refractivity contribution in [2.24, 2.45) is 5.92 Å². The minimum Gasteiger partial charge on any atom is -0.460 e. The molecule has 0 aromatic heterocycles. The fourth-order valence-electron chi connectivity index (χ4n) is 1.69. The Morgan fingerprint density at radius 1 is 1.50 bits per heavy atom. The SMILES string of the molecule is CC(C)(C)OC(=O)C1CC=C(B(O)O)CC1. The summed E-state index contributed by atoms with van der Waals surface area (Å²) in [5.41, 5.74) is 0.136. The molecule has 90 valence electrons. The van der Waals surface area contributed by atoms with E-state index in [2.05, 4.69) is 0 Å². The lowest BCUT2D eigenvalue weighted by Crippen LogP contribution is -2.30. The minimum atomic E-state index is -1.39. The zero-order chi connectivity index (χ0) is 12.3. The van der Waals surface area contributed by atoms with Crippen molar-refractivity contribution >= 4 is 13.1 Å². The quantitative estimate of drug-likeness (QED) is 0.545. The topological polar surface area (TPSA) is 66.8 Å². The summed E-state index contributed by atoms with van der Waals surface area (Å²) in [6, 6.07) is 0. The standard InChI is InChI=1S/C11H19BO4/c1-11(2,3)16-10(13)8-4-6-9(7-5-8)12(14)15/h6,8,14-15H,4-5,7H2,1-3H3. The smallest absolute Gasteiger partial charge is 0.460 e. The van der Waals surface area contributed by atoms with Crippen LogP contribution in [0.5, 0.6) is 0 Å². The van der Waals surface area contributed by atoms with Crippen molar-refractivity contribution in [2.75, 3.05) is 0 Å². The Labute approximate surface area is 96.4 Å². The van der Waals surface area contributed by atoms with E-state index in [1.807, 2.05) is 20.8 Å². The second kappa shape index (κ2) is 5.02. The maximum atomic E-state index is 11.7. The van der Waals surface area contributed by atoms with Crippen LogP contribution in [0.25, 0.3) is 0 Å². The van der Waals surface area contributed by atoms with Crippen LogP contribution in [0, 0.1) is 5.92 Å². The maximum Gasteiger partial charge on any atom is 0.483 e. The maximum absolute atomic E-state index is 11.7. The third kappa shape index (κ3) is 3.98. The molecule has 0 aliphatic heterocycles. The first kappa shape index (κ1) is 13.3. The summed E-state index contributed by atoms with van der Waals surface area (Å²) in [7, 11) is -1.39. The van der Waals surface area contributed by atoms with Crippen LogP contribution in [-0.2, 0) is 9.53 Å². The highest BCUT2D eigenvalue weighted by Crippen LogP contribution is 2.26. The van der Waals surface area contributed by atoms with Crippen molar-refractivity contribution in [3.05, 3.63) is 11.5 Å². The lowest BCUT2D eigenvalue weighted by atomic mass is 9.71. The number of allylic oxidation sites excluding steroid dienone is 2. The fourth-order valence-corrected chi connectivity index (χ4v) is 1.69. The van der Waals surface area contributed by atoms with Crippen molar-refractivity contribution in [3.8, 4) is 0 Å². The molecule has 4 nitrogen and oxygen atoms in total. The molecule has 1 atom stereocenters. The van der Waals surface area contributed by atoms with Gasteiger partial charge in [-0.2, -0.15) is 0 Å². The predicted octanol–water partition coefficient (Wildman–Crippen LogP) is 1.07. The second-order valence-electron chi connectivity index (χ2n) is 5.16. The molecule has 0 aromatic carbocycles. The number of hydrogen-bond donors (Lipinski definition) is 2. The third-order valence-electron chi connectivity index (χ3n) is 2.52. The van der Waals surface area contributed by atoms with E-state index in [1.54, 1.807) is 6.08 Å². The van der Waals surface area contributed by atoms with E-state index in [-0.39, 0.29) is 11.9 Å². The number of carbonyl (C=O) groups is 1. The normalized spacial score (nSPS) is 21.3. The van der Waals surface area contributed by atoms with Gasteiger partial charge in [-0.05, 0) is 45.5 Å². The molecule has 0 radical (unpaired) electrons. The molecule has 1 aliphatic carbocycles. The highest BCUT2D eigenvalue weighted by Gasteiger charge is 2.28. The molecule has 0 amide bonds. The monoisotopic (exact) mass is 226 g/mol. The van der Waals surface area contributed by atoms with Crippen molar-refractivity contribution in [1.29, 1.82) is 0 Å². The molecule has 0 bridgehead atoms. The zero-order valence-corrected chi connectivity index (χ0v) is 10.1. The molecular formula is C11H19BO4. The van der Waals surface area contributed by atoms with Gasteiger partial charge in [-0.3, -0.25) is 4.79 Å². The summed E-state index contributed by atoms with van der Waals surface area (Å²) in [6.07, 6.45) is 3.42. The van der Waals surface area contributed by atoms with Gasteiger partial charge in [0.05, 0.1) is 5.92 Å². The van der Waals surface area contributed by atoms with E-state index in [1.165, 1.54) is 0 Å². The molecule has 0 saturated heterocycles. The lowest BCUT2D eigenvalue weighted by molar-refractivity contribution is -0.160. The van der Waals surface area contributed by atoms with Gasteiger partial charge in [-0.15, -0.1) is 0 Å². The van der Waals surface area contributed by atoms with E-state index < -0.39 is 12.7 Å². The van der Waals surface area contributed by atoms with Gasteiger partial charge in [0.15, 0.2) is 0 Å². The molecule has 1 aliphatic rings. The van der Waals surface area contributed by atoms with Gasteiger partial charge in [0.2, 0.25) is 0 Å². The van der Waals surface area contributed by atoms with E-state index in [0.717, 1.165) is 0 Å². The van der Waals surface area contributed by atoms with Gasteiger partial charge in [0, 0.05) is 0 Å². The lowest BCUT2D eigenvalue weighted by Gasteiger charge is -2.25. The molecule has 0 aromatic rings. The van der Waals surface area contributed by atoms with Gasteiger partial charge >= 0.3 is 13.1 Å². The number of rotatable bonds is 2. The summed E-state index contributed by atoms with van der Waals surface area (Å²) in [4.78, 5) is 11.7. The van der Waals surface area contributed by atoms with Crippen molar-refractivity contribution < 1.29 is 19.6 Å². The first-order valence-electron chi connectivity index (χ1n) is 5.57. The molecule has 0 heterocycles. The molecule has 5 heteroatoms. The van der Waals surface area contributed by atoms with Crippen LogP contribution >= 0.6 is 0 Å². The average Bonchev–Trinajstić information content (AvgIpc) is 2.15. The van der Waals surface area contributed by atoms with Gasteiger partial charge in [-0.25, -0.2) is 0 Å². The van der Waals surface area contributed by atoms with E-state index in [0.29, 0.717) is 24.7 Å². The van der Waals surface area contributed by atoms with Crippen LogP contribution in [0.1, 0.15) is 40.0 Å². The molecule has 2 N–H and O–H groups in total. The summed E-state index contributed by atoms with van der Waals surface area (Å²) in [5, 5.41) is 17.9. The first-order valence-corrected chi connectivity index (χ1v) is 5.57. The Balaban J connectivity index is 2.51. The fraction of sp³-hybridized carbons (Fsp3) is 0.727. The Morgan fingerprint density at radius 3 is 2.50 bits per heavy atom. The van der Waals surface area contributed by atoms with Crippen molar-refractivity contribution in [1.82, 2.24) is 0 Å². The van der Waals surface area contributed by atoms with Crippen LogP contribution in [0.3, 0.4) is 0 Å². The summed E-state index contributed by atoms with van der Waals surface area (Å²) < 4.78 is 5.28. The molecular weight excluding hydrogens is 207 g/mol. The van der Waals surface area contributed by atoms with Gasteiger partial charge in [-0.1, -0.05) is 6.08 Å². The van der Waals surface area contributed by atoms with Gasteiger partial charge in [0.1, 0.15) is 5.60 Å². The van der Waals surface area contributed by atoms with E-state index >= 15 is 0 Å². The van der Waals surface area contributed by atoms with Crippen LogP contribution in [0.4, 0.5) is 0 Å². The highest BCUT2D eigenvalue weighted by atomic mass is 16.6. The Kier molecular flexibility index (Phi) is 4.16. The minimum absolute atomic E-state index is 0.151. The van der Waals surface area contributed by atoms with Crippen molar-refractivity contribution in [3.63, 3.8) is 0 Å². The Morgan fingerprint density at radius 2 is 2.12 bits per heavy atom. The molecule has 0 fully saturated rings. The van der Waals surface area contributed by atoms with Crippen LogP contribution < -0.4 is 0 Å². The largest absolute Gasteiger partial charge is 0.483 e. The molecule has 1 unspecified atom stereocenters. The first-order chi connectivity index (χ1) is 7.29. The second-order valence-corrected chi connectivity index (χ2v) is 5.16. The average molecular weight is 226 g/mol. The summed E-state index contributed by atoms with van der Waals surface area (Å²) >= 11 is 0. The zero-order valence-electron chi connectivity index (χ0n) is 10.1. The van der Waals surface area contributed by atoms with Gasteiger partial charge < -0.3 is 14.8 Å². The summed E-state index contributed by atoms with van der Waals surface area (Å²) in [6.45, 7) is 5.52. The highest BCUT2D eigenvalue weighted by molar-refractivity contribution is 6.50. The Hall–Kier alpha value is -0.805. The molecule has 0 spiro atoms. The summed E-state index contributed by atoms with van der Waals surface area (Å²) in [5.74, 6) is -0.350. The van der Waals surface area contributed by atoms with Gasteiger partial charge in [0.25, 0.3) is 0 Å². The number of ether oxygens (including phenoxy) is 1. The van der Waals surface area contributed by atoms with Crippen LogP contribution in [0.2, 0.25) is 0 Å². The number of hydrogen-bond acceptors (Lipinski definition) is 4. The van der Waals surface area contributed by atoms with Crippen LogP contribution in [-0.4, -0.2) is 28.7 Å². The Bertz CT molecular complexity index is 291. The van der Waals surface area contributed by atoms with Crippen LogP contribution in [0.15, 0.2) is 11.5 Å². The molecule has 0 saturated carbocycles. The van der Waals surface area contributed by atoms with Crippen molar-refractivity contribution in [2.45, 2.75) is 45.6 Å². The van der Waals surface area contributed by atoms with E-state index in [4.69, 9.17) is 14.8 Å². The number of carbonyl (C=O) groups excluding carboxylic acids is 1.